The molecule has 0 bridgehead atoms. The summed E-state index contributed by atoms with van der Waals surface area (Å²) in [5.74, 6) is 2.42. The number of aryl methyl sites for hydroxylation is 2. The average molecular weight is 290 g/mol. The van der Waals surface area contributed by atoms with E-state index in [4.69, 9.17) is 9.97 Å². The van der Waals surface area contributed by atoms with E-state index in [2.05, 4.69) is 45.1 Å². The minimum atomic E-state index is 0.722. The molecule has 118 valence electrons. The van der Waals surface area contributed by atoms with E-state index in [1.54, 1.807) is 0 Å². The van der Waals surface area contributed by atoms with Crippen molar-refractivity contribution in [1.29, 1.82) is 0 Å². The second-order valence-electron chi connectivity index (χ2n) is 7.05. The molecule has 1 aromatic heterocycles. The highest BCUT2D eigenvalue weighted by Crippen LogP contribution is 2.26. The fourth-order valence-corrected chi connectivity index (χ4v) is 3.03. The highest BCUT2D eigenvalue weighted by atomic mass is 15.1. The summed E-state index contributed by atoms with van der Waals surface area (Å²) >= 11 is 0. The Kier molecular flexibility index (Phi) is 5.71. The van der Waals surface area contributed by atoms with E-state index in [-0.39, 0.29) is 0 Å². The third-order valence-electron chi connectivity index (χ3n) is 4.07. The van der Waals surface area contributed by atoms with Crippen LogP contribution in [0, 0.1) is 18.8 Å². The molecule has 1 aliphatic carbocycles. The average Bonchev–Trinajstić information content (AvgIpc) is 2.38. The molecule has 0 aromatic carbocycles. The van der Waals surface area contributed by atoms with Crippen molar-refractivity contribution in [2.75, 3.05) is 27.2 Å². The van der Waals surface area contributed by atoms with Gasteiger partial charge in [0.05, 0.1) is 6.54 Å². The van der Waals surface area contributed by atoms with E-state index < -0.39 is 0 Å². The van der Waals surface area contributed by atoms with Crippen molar-refractivity contribution >= 4 is 0 Å². The number of aromatic nitrogens is 2. The molecule has 4 nitrogen and oxygen atoms in total. The highest BCUT2D eigenvalue weighted by molar-refractivity contribution is 5.28. The summed E-state index contributed by atoms with van der Waals surface area (Å²) in [4.78, 5) is 11.6. The van der Waals surface area contributed by atoms with Gasteiger partial charge >= 0.3 is 0 Å². The zero-order valence-corrected chi connectivity index (χ0v) is 14.2. The Morgan fingerprint density at radius 1 is 1.29 bits per heavy atom. The standard InChI is InChI=1S/C17H30N4/c1-12(2)9-18-10-14-6-7-16-15(8-14)13(3)19-17(20-16)11-21(4)5/h12,14,18H,6-11H2,1-5H3. The maximum absolute atomic E-state index is 4.78. The van der Waals surface area contributed by atoms with Crippen molar-refractivity contribution in [1.82, 2.24) is 20.2 Å². The van der Waals surface area contributed by atoms with Crippen LogP contribution in [0.2, 0.25) is 0 Å². The maximum atomic E-state index is 4.78. The molecule has 0 saturated carbocycles. The second kappa shape index (κ2) is 7.32. The number of nitrogens with zero attached hydrogens (tertiary/aromatic N) is 3. The number of fused-ring (bicyclic) bond motifs is 1. The first-order valence-electron chi connectivity index (χ1n) is 8.16. The van der Waals surface area contributed by atoms with Crippen molar-refractivity contribution in [2.24, 2.45) is 11.8 Å². The Bertz CT molecular complexity index is 468. The first kappa shape index (κ1) is 16.4. The van der Waals surface area contributed by atoms with Crippen LogP contribution < -0.4 is 5.32 Å². The van der Waals surface area contributed by atoms with E-state index in [0.717, 1.165) is 50.1 Å². The monoisotopic (exact) mass is 290 g/mol. The van der Waals surface area contributed by atoms with Crippen LogP contribution in [0.1, 0.15) is 43.0 Å². The van der Waals surface area contributed by atoms with Crippen LogP contribution in [0.25, 0.3) is 0 Å². The van der Waals surface area contributed by atoms with Gasteiger partial charge < -0.3 is 10.2 Å². The van der Waals surface area contributed by atoms with E-state index in [1.807, 2.05) is 0 Å². The summed E-state index contributed by atoms with van der Waals surface area (Å²) in [6, 6.07) is 0. The van der Waals surface area contributed by atoms with Crippen molar-refractivity contribution in [2.45, 2.75) is 46.6 Å². The molecular weight excluding hydrogens is 260 g/mol. The molecule has 1 unspecified atom stereocenters. The van der Waals surface area contributed by atoms with Crippen LogP contribution in [0.4, 0.5) is 0 Å². The molecule has 0 fully saturated rings. The number of rotatable bonds is 6. The molecular formula is C17H30N4. The van der Waals surface area contributed by atoms with Crippen LogP contribution in [-0.4, -0.2) is 42.1 Å². The topological polar surface area (TPSA) is 41.1 Å². The predicted octanol–water partition coefficient (Wildman–Crippen LogP) is 2.20. The molecule has 2 rings (SSSR count). The van der Waals surface area contributed by atoms with Gasteiger partial charge in [0.2, 0.25) is 0 Å². The van der Waals surface area contributed by atoms with Crippen molar-refractivity contribution in [3.05, 3.63) is 22.8 Å². The lowest BCUT2D eigenvalue weighted by Crippen LogP contribution is -2.31. The van der Waals surface area contributed by atoms with E-state index >= 15 is 0 Å². The normalized spacial score (nSPS) is 18.3. The summed E-state index contributed by atoms with van der Waals surface area (Å²) in [7, 11) is 4.13. The SMILES string of the molecule is Cc1nc(CN(C)C)nc2c1CC(CNCC(C)C)CC2. The van der Waals surface area contributed by atoms with Gasteiger partial charge in [-0.1, -0.05) is 13.8 Å². The van der Waals surface area contributed by atoms with Crippen LogP contribution in [0.5, 0.6) is 0 Å². The Morgan fingerprint density at radius 2 is 2.05 bits per heavy atom. The van der Waals surface area contributed by atoms with Crippen LogP contribution in [0.15, 0.2) is 0 Å². The maximum Gasteiger partial charge on any atom is 0.142 e. The molecule has 21 heavy (non-hydrogen) atoms. The minimum Gasteiger partial charge on any atom is -0.316 e. The lowest BCUT2D eigenvalue weighted by molar-refractivity contribution is 0.381. The summed E-state index contributed by atoms with van der Waals surface area (Å²) < 4.78 is 0. The first-order chi connectivity index (χ1) is 9.95. The van der Waals surface area contributed by atoms with E-state index in [1.165, 1.54) is 23.4 Å². The van der Waals surface area contributed by atoms with Gasteiger partial charge in [0, 0.05) is 11.4 Å². The fraction of sp³-hybridized carbons (Fsp3) is 0.765. The predicted molar refractivity (Wildman–Crippen MR) is 87.4 cm³/mol. The summed E-state index contributed by atoms with van der Waals surface area (Å²) in [5.41, 5.74) is 3.88. The largest absolute Gasteiger partial charge is 0.316 e. The van der Waals surface area contributed by atoms with E-state index in [0.29, 0.717) is 0 Å². The molecule has 1 heterocycles. The first-order valence-corrected chi connectivity index (χ1v) is 8.16. The number of hydrogen-bond donors (Lipinski definition) is 1. The van der Waals surface area contributed by atoms with Gasteiger partial charge in [0.1, 0.15) is 5.82 Å². The minimum absolute atomic E-state index is 0.722. The lowest BCUT2D eigenvalue weighted by atomic mass is 9.85. The zero-order valence-electron chi connectivity index (χ0n) is 14.2. The molecule has 0 saturated heterocycles. The van der Waals surface area contributed by atoms with Crippen LogP contribution in [-0.2, 0) is 19.4 Å². The van der Waals surface area contributed by atoms with Gasteiger partial charge in [0.15, 0.2) is 0 Å². The molecule has 0 aliphatic heterocycles. The molecule has 0 spiro atoms. The quantitative estimate of drug-likeness (QED) is 0.872. The molecule has 1 N–H and O–H groups in total. The Morgan fingerprint density at radius 3 is 2.71 bits per heavy atom. The Balaban J connectivity index is 2.00. The summed E-state index contributed by atoms with van der Waals surface area (Å²) in [6.45, 7) is 9.72. The van der Waals surface area contributed by atoms with Gasteiger partial charge in [-0.05, 0) is 70.8 Å². The van der Waals surface area contributed by atoms with Gasteiger partial charge in [-0.3, -0.25) is 0 Å². The van der Waals surface area contributed by atoms with E-state index in [9.17, 15) is 0 Å². The van der Waals surface area contributed by atoms with Gasteiger partial charge in [-0.15, -0.1) is 0 Å². The number of nitrogens with one attached hydrogen (secondary N) is 1. The van der Waals surface area contributed by atoms with Crippen molar-refractivity contribution in [3.63, 3.8) is 0 Å². The van der Waals surface area contributed by atoms with Crippen LogP contribution >= 0.6 is 0 Å². The van der Waals surface area contributed by atoms with Crippen molar-refractivity contribution in [3.8, 4) is 0 Å². The Hall–Kier alpha value is -1.00. The van der Waals surface area contributed by atoms with Crippen molar-refractivity contribution < 1.29 is 0 Å². The summed E-state index contributed by atoms with van der Waals surface area (Å²) in [5, 5.41) is 3.59. The van der Waals surface area contributed by atoms with Crippen LogP contribution in [0.3, 0.4) is 0 Å². The second-order valence-corrected chi connectivity index (χ2v) is 7.05. The molecule has 1 aliphatic rings. The van der Waals surface area contributed by atoms with Gasteiger partial charge in [-0.2, -0.15) is 0 Å². The molecule has 1 aromatic rings. The smallest absolute Gasteiger partial charge is 0.142 e. The molecule has 0 radical (unpaired) electrons. The molecule has 4 heteroatoms. The lowest BCUT2D eigenvalue weighted by Gasteiger charge is -2.26. The summed E-state index contributed by atoms with van der Waals surface area (Å²) in [6.07, 6.45) is 3.48. The molecule has 0 amide bonds. The fourth-order valence-electron chi connectivity index (χ4n) is 3.03. The number of hydrogen-bond acceptors (Lipinski definition) is 4. The third kappa shape index (κ3) is 4.75. The zero-order chi connectivity index (χ0) is 15.4. The van der Waals surface area contributed by atoms with Gasteiger partial charge in [-0.25, -0.2) is 9.97 Å². The third-order valence-corrected chi connectivity index (χ3v) is 4.07. The highest BCUT2D eigenvalue weighted by Gasteiger charge is 2.22. The Labute approximate surface area is 129 Å². The molecule has 1 atom stereocenters. The van der Waals surface area contributed by atoms with Gasteiger partial charge in [0.25, 0.3) is 0 Å².